The van der Waals surface area contributed by atoms with E-state index in [1.807, 2.05) is 31.2 Å². The van der Waals surface area contributed by atoms with E-state index < -0.39 is 5.97 Å². The van der Waals surface area contributed by atoms with Gasteiger partial charge in [-0.25, -0.2) is 4.79 Å². The SMILES string of the molecule is C[C@@H](NC(=O)COC(=O)c1ccc2c(c1)OCO2)c1ccccc1Br. The quantitative estimate of drug-likeness (QED) is 0.773. The molecule has 0 saturated carbocycles. The molecule has 0 fully saturated rings. The summed E-state index contributed by atoms with van der Waals surface area (Å²) in [4.78, 5) is 24.1. The average molecular weight is 406 g/mol. The highest BCUT2D eigenvalue weighted by molar-refractivity contribution is 9.10. The minimum atomic E-state index is -0.595. The first-order valence-electron chi connectivity index (χ1n) is 7.65. The summed E-state index contributed by atoms with van der Waals surface area (Å²) in [5, 5.41) is 2.79. The molecule has 0 saturated heterocycles. The van der Waals surface area contributed by atoms with E-state index in [0.29, 0.717) is 17.1 Å². The van der Waals surface area contributed by atoms with Crippen molar-refractivity contribution in [2.24, 2.45) is 0 Å². The smallest absolute Gasteiger partial charge is 0.338 e. The number of ether oxygens (including phenoxy) is 3. The summed E-state index contributed by atoms with van der Waals surface area (Å²) in [6.07, 6.45) is 0. The number of hydrogen-bond acceptors (Lipinski definition) is 5. The third-order valence-electron chi connectivity index (χ3n) is 3.69. The van der Waals surface area contributed by atoms with Crippen LogP contribution in [0.25, 0.3) is 0 Å². The maximum absolute atomic E-state index is 12.1. The fourth-order valence-electron chi connectivity index (χ4n) is 2.43. The van der Waals surface area contributed by atoms with E-state index in [9.17, 15) is 9.59 Å². The molecule has 25 heavy (non-hydrogen) atoms. The Labute approximate surface area is 153 Å². The summed E-state index contributed by atoms with van der Waals surface area (Å²) in [7, 11) is 0. The number of hydrogen-bond donors (Lipinski definition) is 1. The van der Waals surface area contributed by atoms with E-state index in [0.717, 1.165) is 10.0 Å². The minimum Gasteiger partial charge on any atom is -0.454 e. The van der Waals surface area contributed by atoms with Crippen molar-refractivity contribution < 1.29 is 23.8 Å². The highest BCUT2D eigenvalue weighted by atomic mass is 79.9. The van der Waals surface area contributed by atoms with Gasteiger partial charge in [-0.05, 0) is 36.8 Å². The molecule has 130 valence electrons. The maximum atomic E-state index is 12.1. The summed E-state index contributed by atoms with van der Waals surface area (Å²) in [5.41, 5.74) is 1.24. The summed E-state index contributed by atoms with van der Waals surface area (Å²) in [6.45, 7) is 1.63. The van der Waals surface area contributed by atoms with Crippen LogP contribution in [0.5, 0.6) is 11.5 Å². The molecule has 1 amide bonds. The normalized spacial score (nSPS) is 13.2. The van der Waals surface area contributed by atoms with Gasteiger partial charge in [0.2, 0.25) is 6.79 Å². The van der Waals surface area contributed by atoms with Gasteiger partial charge in [-0.1, -0.05) is 34.1 Å². The Balaban J connectivity index is 1.53. The van der Waals surface area contributed by atoms with Crippen molar-refractivity contribution in [2.45, 2.75) is 13.0 Å². The molecule has 7 heteroatoms. The molecular formula is C18H16BrNO5. The van der Waals surface area contributed by atoms with Crippen molar-refractivity contribution in [1.29, 1.82) is 0 Å². The second kappa shape index (κ2) is 7.57. The van der Waals surface area contributed by atoms with Gasteiger partial charge in [-0.15, -0.1) is 0 Å². The summed E-state index contributed by atoms with van der Waals surface area (Å²) < 4.78 is 16.4. The van der Waals surface area contributed by atoms with E-state index in [-0.39, 0.29) is 25.3 Å². The number of esters is 1. The Kier molecular flexibility index (Phi) is 5.23. The van der Waals surface area contributed by atoms with Crippen LogP contribution in [-0.2, 0) is 9.53 Å². The number of halogens is 1. The van der Waals surface area contributed by atoms with Gasteiger partial charge in [0.15, 0.2) is 18.1 Å². The molecule has 6 nitrogen and oxygen atoms in total. The lowest BCUT2D eigenvalue weighted by Gasteiger charge is -2.15. The lowest BCUT2D eigenvalue weighted by Crippen LogP contribution is -2.31. The van der Waals surface area contributed by atoms with Gasteiger partial charge in [-0.2, -0.15) is 0 Å². The molecule has 0 aromatic heterocycles. The first-order valence-corrected chi connectivity index (χ1v) is 8.44. The predicted octanol–water partition coefficient (Wildman–Crippen LogP) is 3.21. The highest BCUT2D eigenvalue weighted by Gasteiger charge is 2.18. The number of carbonyl (C=O) groups excluding carboxylic acids is 2. The Morgan fingerprint density at radius 1 is 1.20 bits per heavy atom. The fraction of sp³-hybridized carbons (Fsp3) is 0.222. The zero-order chi connectivity index (χ0) is 17.8. The van der Waals surface area contributed by atoms with Crippen molar-refractivity contribution in [2.75, 3.05) is 13.4 Å². The molecule has 0 radical (unpaired) electrons. The number of fused-ring (bicyclic) bond motifs is 1. The Bertz CT molecular complexity index is 808. The molecule has 2 aromatic rings. The van der Waals surface area contributed by atoms with Crippen LogP contribution in [0.15, 0.2) is 46.9 Å². The van der Waals surface area contributed by atoms with E-state index in [2.05, 4.69) is 21.2 Å². The molecule has 0 bridgehead atoms. The van der Waals surface area contributed by atoms with E-state index in [1.165, 1.54) is 6.07 Å². The standard InChI is InChI=1S/C18H16BrNO5/c1-11(13-4-2-3-5-14(13)19)20-17(21)9-23-18(22)12-6-7-15-16(8-12)25-10-24-15/h2-8,11H,9-10H2,1H3,(H,20,21)/t11-/m1/s1. The lowest BCUT2D eigenvalue weighted by molar-refractivity contribution is -0.124. The number of amides is 1. The molecule has 1 atom stereocenters. The molecule has 3 rings (SSSR count). The molecule has 2 aromatic carbocycles. The van der Waals surface area contributed by atoms with Crippen LogP contribution in [0.1, 0.15) is 28.9 Å². The molecule has 1 heterocycles. The van der Waals surface area contributed by atoms with E-state index in [4.69, 9.17) is 14.2 Å². The molecule has 1 aliphatic heterocycles. The summed E-state index contributed by atoms with van der Waals surface area (Å²) in [5.74, 6) is 0.0948. The largest absolute Gasteiger partial charge is 0.454 e. The molecule has 1 N–H and O–H groups in total. The number of carbonyl (C=O) groups is 2. The van der Waals surface area contributed by atoms with Crippen LogP contribution in [0.2, 0.25) is 0 Å². The molecular weight excluding hydrogens is 390 g/mol. The van der Waals surface area contributed by atoms with Crippen molar-refractivity contribution in [3.63, 3.8) is 0 Å². The highest BCUT2D eigenvalue weighted by Crippen LogP contribution is 2.32. The van der Waals surface area contributed by atoms with Crippen molar-refractivity contribution in [3.05, 3.63) is 58.1 Å². The van der Waals surface area contributed by atoms with Gasteiger partial charge in [-0.3, -0.25) is 4.79 Å². The maximum Gasteiger partial charge on any atom is 0.338 e. The van der Waals surface area contributed by atoms with Gasteiger partial charge in [0.25, 0.3) is 5.91 Å². The van der Waals surface area contributed by atoms with Crippen LogP contribution in [0, 0.1) is 0 Å². The number of benzene rings is 2. The molecule has 0 unspecified atom stereocenters. The predicted molar refractivity (Wildman–Crippen MR) is 93.5 cm³/mol. The van der Waals surface area contributed by atoms with Crippen molar-refractivity contribution in [3.8, 4) is 11.5 Å². The first-order chi connectivity index (χ1) is 12.0. The van der Waals surface area contributed by atoms with Gasteiger partial charge in [0.1, 0.15) is 0 Å². The van der Waals surface area contributed by atoms with Gasteiger partial charge < -0.3 is 19.5 Å². The van der Waals surface area contributed by atoms with E-state index in [1.54, 1.807) is 12.1 Å². The third-order valence-corrected chi connectivity index (χ3v) is 4.41. The van der Waals surface area contributed by atoms with Crippen LogP contribution >= 0.6 is 15.9 Å². The van der Waals surface area contributed by atoms with Crippen LogP contribution in [0.3, 0.4) is 0 Å². The zero-order valence-electron chi connectivity index (χ0n) is 13.5. The Morgan fingerprint density at radius 2 is 1.96 bits per heavy atom. The molecule has 0 aliphatic carbocycles. The van der Waals surface area contributed by atoms with Crippen molar-refractivity contribution in [1.82, 2.24) is 5.32 Å². The van der Waals surface area contributed by atoms with Crippen LogP contribution < -0.4 is 14.8 Å². The summed E-state index contributed by atoms with van der Waals surface area (Å²) >= 11 is 3.45. The first kappa shape index (κ1) is 17.3. The second-order valence-corrected chi connectivity index (χ2v) is 6.31. The van der Waals surface area contributed by atoms with Gasteiger partial charge >= 0.3 is 5.97 Å². The Hall–Kier alpha value is -2.54. The summed E-state index contributed by atoms with van der Waals surface area (Å²) in [6, 6.07) is 12.1. The number of rotatable bonds is 5. The van der Waals surface area contributed by atoms with Gasteiger partial charge in [0.05, 0.1) is 11.6 Å². The minimum absolute atomic E-state index is 0.128. The van der Waals surface area contributed by atoms with Crippen LogP contribution in [0.4, 0.5) is 0 Å². The fourth-order valence-corrected chi connectivity index (χ4v) is 3.05. The van der Waals surface area contributed by atoms with Crippen LogP contribution in [-0.4, -0.2) is 25.3 Å². The Morgan fingerprint density at radius 3 is 2.76 bits per heavy atom. The monoisotopic (exact) mass is 405 g/mol. The average Bonchev–Trinajstić information content (AvgIpc) is 3.07. The molecule has 1 aliphatic rings. The second-order valence-electron chi connectivity index (χ2n) is 5.45. The topological polar surface area (TPSA) is 73.9 Å². The number of nitrogens with one attached hydrogen (secondary N) is 1. The molecule has 0 spiro atoms. The van der Waals surface area contributed by atoms with E-state index >= 15 is 0 Å². The zero-order valence-corrected chi connectivity index (χ0v) is 15.0. The lowest BCUT2D eigenvalue weighted by atomic mass is 10.1. The van der Waals surface area contributed by atoms with Gasteiger partial charge in [0, 0.05) is 4.47 Å². The van der Waals surface area contributed by atoms with Crippen molar-refractivity contribution >= 4 is 27.8 Å². The third kappa shape index (κ3) is 4.11.